The molecule has 3 aromatic rings. The van der Waals surface area contributed by atoms with Gasteiger partial charge in [-0.2, -0.15) is 5.10 Å². The van der Waals surface area contributed by atoms with Crippen molar-refractivity contribution in [1.29, 1.82) is 0 Å². The van der Waals surface area contributed by atoms with E-state index in [9.17, 15) is 0 Å². The van der Waals surface area contributed by atoms with Gasteiger partial charge in [-0.3, -0.25) is 4.98 Å². The minimum Gasteiger partial charge on any atom is -0.369 e. The molecule has 0 radical (unpaired) electrons. The van der Waals surface area contributed by atoms with Crippen molar-refractivity contribution in [2.45, 2.75) is 12.5 Å². The number of hydrogen-bond donors (Lipinski definition) is 1. The van der Waals surface area contributed by atoms with E-state index in [2.05, 4.69) is 31.2 Å². The predicted octanol–water partition coefficient (Wildman–Crippen LogP) is 3.57. The van der Waals surface area contributed by atoms with Crippen LogP contribution < -0.4 is 5.32 Å². The maximum absolute atomic E-state index is 4.79. The van der Waals surface area contributed by atoms with E-state index in [1.807, 2.05) is 34.6 Å². The van der Waals surface area contributed by atoms with Gasteiger partial charge in [0, 0.05) is 36.1 Å². The molecular weight excluding hydrogens is 350 g/mol. The summed E-state index contributed by atoms with van der Waals surface area (Å²) in [6, 6.07) is 4.14. The Morgan fingerprint density at radius 3 is 3.10 bits per heavy atom. The van der Waals surface area contributed by atoms with Crippen molar-refractivity contribution in [2.24, 2.45) is 0 Å². The fourth-order valence-electron chi connectivity index (χ4n) is 2.56. The molecule has 1 aliphatic rings. The lowest BCUT2D eigenvalue weighted by atomic mass is 10.2. The van der Waals surface area contributed by atoms with Gasteiger partial charge in [0.1, 0.15) is 22.6 Å². The molecule has 3 aromatic heterocycles. The standard InChI is InChI=1S/C14H12BrN5S/c15-11-12(9-2-1-4-16-8-9)19-20-10(3-5-17-13(11)20)14-18-6-7-21-14/h1-2,4,6-8,10,17H,3,5H2. The topological polar surface area (TPSA) is 55.6 Å². The second kappa shape index (κ2) is 5.23. The van der Waals surface area contributed by atoms with Gasteiger partial charge in [-0.05, 0) is 34.5 Å². The number of thiazole rings is 1. The highest BCUT2D eigenvalue weighted by Gasteiger charge is 2.28. The van der Waals surface area contributed by atoms with Crippen LogP contribution >= 0.6 is 27.3 Å². The largest absolute Gasteiger partial charge is 0.369 e. The van der Waals surface area contributed by atoms with Crippen LogP contribution in [0.4, 0.5) is 5.82 Å². The molecule has 0 saturated carbocycles. The Morgan fingerprint density at radius 2 is 2.33 bits per heavy atom. The van der Waals surface area contributed by atoms with Gasteiger partial charge in [-0.1, -0.05) is 0 Å². The lowest BCUT2D eigenvalue weighted by Gasteiger charge is -2.24. The third kappa shape index (κ3) is 2.16. The van der Waals surface area contributed by atoms with Gasteiger partial charge in [-0.15, -0.1) is 11.3 Å². The van der Waals surface area contributed by atoms with Crippen LogP contribution in [0.25, 0.3) is 11.3 Å². The number of rotatable bonds is 2. The van der Waals surface area contributed by atoms with Gasteiger partial charge < -0.3 is 5.32 Å². The van der Waals surface area contributed by atoms with Crippen LogP contribution in [0.2, 0.25) is 0 Å². The molecule has 7 heteroatoms. The summed E-state index contributed by atoms with van der Waals surface area (Å²) in [7, 11) is 0. The van der Waals surface area contributed by atoms with E-state index < -0.39 is 0 Å². The van der Waals surface area contributed by atoms with Gasteiger partial charge in [-0.25, -0.2) is 9.67 Å². The molecule has 1 N–H and O–H groups in total. The van der Waals surface area contributed by atoms with Gasteiger partial charge >= 0.3 is 0 Å². The first-order valence-corrected chi connectivity index (χ1v) is 8.33. The van der Waals surface area contributed by atoms with Gasteiger partial charge in [0.25, 0.3) is 0 Å². The van der Waals surface area contributed by atoms with Crippen molar-refractivity contribution in [3.8, 4) is 11.3 Å². The van der Waals surface area contributed by atoms with Crippen molar-refractivity contribution in [3.05, 3.63) is 45.6 Å². The van der Waals surface area contributed by atoms with Crippen LogP contribution in [0, 0.1) is 0 Å². The van der Waals surface area contributed by atoms with Crippen molar-refractivity contribution in [3.63, 3.8) is 0 Å². The van der Waals surface area contributed by atoms with Gasteiger partial charge in [0.05, 0.1) is 4.47 Å². The SMILES string of the molecule is Brc1c(-c2cccnc2)nn2c1NCCC2c1nccs1. The van der Waals surface area contributed by atoms with Crippen molar-refractivity contribution in [1.82, 2.24) is 19.7 Å². The van der Waals surface area contributed by atoms with Crippen LogP contribution in [0.5, 0.6) is 0 Å². The third-order valence-corrected chi connectivity index (χ3v) is 5.16. The first-order chi connectivity index (χ1) is 10.3. The van der Waals surface area contributed by atoms with E-state index in [1.54, 1.807) is 17.5 Å². The molecule has 4 rings (SSSR count). The molecule has 1 unspecified atom stereocenters. The Bertz CT molecular complexity index is 753. The molecule has 4 heterocycles. The average Bonchev–Trinajstić information content (AvgIpc) is 3.17. The minimum atomic E-state index is 0.197. The zero-order valence-electron chi connectivity index (χ0n) is 11.0. The number of pyridine rings is 1. The molecular formula is C14H12BrN5S. The van der Waals surface area contributed by atoms with Gasteiger partial charge in [0.15, 0.2) is 0 Å². The van der Waals surface area contributed by atoms with E-state index in [-0.39, 0.29) is 6.04 Å². The number of hydrogen-bond acceptors (Lipinski definition) is 5. The first kappa shape index (κ1) is 13.0. The molecule has 1 aliphatic heterocycles. The van der Waals surface area contributed by atoms with Crippen LogP contribution in [0.1, 0.15) is 17.5 Å². The summed E-state index contributed by atoms with van der Waals surface area (Å²) in [5, 5.41) is 11.3. The Hall–Kier alpha value is -1.73. The fourth-order valence-corrected chi connectivity index (χ4v) is 3.95. The van der Waals surface area contributed by atoms with Crippen LogP contribution in [-0.2, 0) is 0 Å². The summed E-state index contributed by atoms with van der Waals surface area (Å²) in [6.07, 6.45) is 6.44. The quantitative estimate of drug-likeness (QED) is 0.757. The summed E-state index contributed by atoms with van der Waals surface area (Å²) in [4.78, 5) is 8.63. The van der Waals surface area contributed by atoms with E-state index in [0.717, 1.165) is 39.5 Å². The molecule has 0 amide bonds. The van der Waals surface area contributed by atoms with Crippen molar-refractivity contribution >= 4 is 33.1 Å². The molecule has 0 aromatic carbocycles. The molecule has 0 saturated heterocycles. The van der Waals surface area contributed by atoms with E-state index >= 15 is 0 Å². The van der Waals surface area contributed by atoms with E-state index in [1.165, 1.54) is 0 Å². The Kier molecular flexibility index (Phi) is 3.23. The molecule has 0 aliphatic carbocycles. The summed E-state index contributed by atoms with van der Waals surface area (Å²) >= 11 is 5.35. The smallest absolute Gasteiger partial charge is 0.140 e. The molecule has 1 atom stereocenters. The monoisotopic (exact) mass is 361 g/mol. The van der Waals surface area contributed by atoms with Crippen molar-refractivity contribution < 1.29 is 0 Å². The molecule has 5 nitrogen and oxygen atoms in total. The zero-order valence-corrected chi connectivity index (χ0v) is 13.4. The highest BCUT2D eigenvalue weighted by molar-refractivity contribution is 9.10. The zero-order chi connectivity index (χ0) is 14.2. The summed E-state index contributed by atoms with van der Waals surface area (Å²) in [6.45, 7) is 0.918. The summed E-state index contributed by atoms with van der Waals surface area (Å²) in [5.41, 5.74) is 1.92. The molecule has 0 bridgehead atoms. The Morgan fingerprint density at radius 1 is 1.38 bits per heavy atom. The lowest BCUT2D eigenvalue weighted by molar-refractivity contribution is 0.481. The van der Waals surface area contributed by atoms with Crippen molar-refractivity contribution in [2.75, 3.05) is 11.9 Å². The number of halogens is 1. The normalized spacial score (nSPS) is 17.3. The second-order valence-electron chi connectivity index (χ2n) is 4.80. The summed E-state index contributed by atoms with van der Waals surface area (Å²) in [5.74, 6) is 1.01. The number of fused-ring (bicyclic) bond motifs is 1. The highest BCUT2D eigenvalue weighted by Crippen LogP contribution is 2.39. The molecule has 21 heavy (non-hydrogen) atoms. The summed E-state index contributed by atoms with van der Waals surface area (Å²) < 4.78 is 3.02. The maximum Gasteiger partial charge on any atom is 0.140 e. The number of nitrogens with zero attached hydrogens (tertiary/aromatic N) is 4. The van der Waals surface area contributed by atoms with Gasteiger partial charge in [0.2, 0.25) is 0 Å². The Labute approximate surface area is 134 Å². The molecule has 0 spiro atoms. The number of anilines is 1. The second-order valence-corrected chi connectivity index (χ2v) is 6.52. The van der Waals surface area contributed by atoms with Crippen LogP contribution in [0.3, 0.4) is 0 Å². The molecule has 106 valence electrons. The van der Waals surface area contributed by atoms with Crippen LogP contribution in [0.15, 0.2) is 40.6 Å². The predicted molar refractivity (Wildman–Crippen MR) is 86.5 cm³/mol. The maximum atomic E-state index is 4.79. The fraction of sp³-hybridized carbons (Fsp3) is 0.214. The third-order valence-electron chi connectivity index (χ3n) is 3.53. The minimum absolute atomic E-state index is 0.197. The van der Waals surface area contributed by atoms with E-state index in [0.29, 0.717) is 0 Å². The number of nitrogens with one attached hydrogen (secondary N) is 1. The highest BCUT2D eigenvalue weighted by atomic mass is 79.9. The number of aromatic nitrogens is 4. The lowest BCUT2D eigenvalue weighted by Crippen LogP contribution is -2.24. The van der Waals surface area contributed by atoms with E-state index in [4.69, 9.17) is 5.10 Å². The van der Waals surface area contributed by atoms with Crippen LogP contribution in [-0.4, -0.2) is 26.3 Å². The first-order valence-electron chi connectivity index (χ1n) is 6.66. The average molecular weight is 362 g/mol. The molecule has 0 fully saturated rings. The Balaban J connectivity index is 1.84.